The molecule has 0 aromatic heterocycles. The summed E-state index contributed by atoms with van der Waals surface area (Å²) in [5, 5.41) is 20.5. The summed E-state index contributed by atoms with van der Waals surface area (Å²) < 4.78 is 0. The first-order chi connectivity index (χ1) is 8.59. The van der Waals surface area contributed by atoms with Crippen LogP contribution in [-0.4, -0.2) is 30.0 Å². The van der Waals surface area contributed by atoms with Crippen LogP contribution in [-0.2, 0) is 10.2 Å². The van der Waals surface area contributed by atoms with Crippen LogP contribution in [0.1, 0.15) is 12.0 Å². The smallest absolute Gasteiger partial charge is 0.316 e. The van der Waals surface area contributed by atoms with Crippen molar-refractivity contribution in [2.24, 2.45) is 11.7 Å². The summed E-state index contributed by atoms with van der Waals surface area (Å²) in [4.78, 5) is 11.8. The lowest BCUT2D eigenvalue weighted by atomic mass is 9.66. The highest BCUT2D eigenvalue weighted by atomic mass is 16.4. The van der Waals surface area contributed by atoms with Crippen molar-refractivity contribution in [2.75, 3.05) is 13.1 Å². The maximum atomic E-state index is 11.8. The minimum atomic E-state index is -1.13. The number of piperidine rings is 1. The van der Waals surface area contributed by atoms with Gasteiger partial charge in [-0.25, -0.2) is 0 Å². The average Bonchev–Trinajstić information content (AvgIpc) is 2.39. The number of carbonyl (C=O) groups is 1. The molecule has 0 spiro atoms. The third kappa shape index (κ3) is 1.86. The van der Waals surface area contributed by atoms with Gasteiger partial charge in [-0.05, 0) is 18.5 Å². The van der Waals surface area contributed by atoms with Gasteiger partial charge < -0.3 is 16.2 Å². The van der Waals surface area contributed by atoms with E-state index in [-0.39, 0.29) is 5.84 Å². The van der Waals surface area contributed by atoms with E-state index in [1.165, 1.54) is 0 Å². The van der Waals surface area contributed by atoms with Gasteiger partial charge in [0.1, 0.15) is 5.41 Å². The number of aliphatic carboxylic acids is 1. The Morgan fingerprint density at radius 1 is 1.44 bits per heavy atom. The quantitative estimate of drug-likeness (QED) is 0.463. The number of nitrogens with two attached hydrogens (primary N) is 1. The van der Waals surface area contributed by atoms with Crippen LogP contribution in [0.5, 0.6) is 0 Å². The van der Waals surface area contributed by atoms with E-state index in [0.717, 1.165) is 0 Å². The van der Waals surface area contributed by atoms with Crippen LogP contribution < -0.4 is 11.1 Å². The van der Waals surface area contributed by atoms with Gasteiger partial charge in [-0.15, -0.1) is 0 Å². The molecule has 5 N–H and O–H groups in total. The molecule has 2 unspecified atom stereocenters. The van der Waals surface area contributed by atoms with Crippen LogP contribution in [0, 0.1) is 11.3 Å². The SMILES string of the molecule is N=C(N)C1CCNCC1(C(=O)O)c1ccccc1. The molecule has 1 aromatic rings. The fourth-order valence-corrected chi connectivity index (χ4v) is 2.71. The Bertz CT molecular complexity index is 461. The molecule has 2 atom stereocenters. The Hall–Kier alpha value is -1.88. The molecule has 1 aliphatic heterocycles. The van der Waals surface area contributed by atoms with Crippen LogP contribution >= 0.6 is 0 Å². The number of rotatable bonds is 3. The standard InChI is InChI=1S/C13H17N3O2/c14-11(15)10-6-7-16-8-13(10,12(17)18)9-4-2-1-3-5-9/h1-5,10,16H,6-8H2,(H3,14,15)(H,17,18). The molecule has 1 saturated heterocycles. The molecule has 0 radical (unpaired) electrons. The van der Waals surface area contributed by atoms with Gasteiger partial charge in [0, 0.05) is 12.5 Å². The molecule has 2 rings (SSSR count). The van der Waals surface area contributed by atoms with Crippen molar-refractivity contribution in [2.45, 2.75) is 11.8 Å². The van der Waals surface area contributed by atoms with E-state index < -0.39 is 17.3 Å². The van der Waals surface area contributed by atoms with Crippen molar-refractivity contribution in [3.8, 4) is 0 Å². The van der Waals surface area contributed by atoms with Crippen LogP contribution in [0.25, 0.3) is 0 Å². The molecule has 5 nitrogen and oxygen atoms in total. The Labute approximate surface area is 106 Å². The van der Waals surface area contributed by atoms with E-state index in [9.17, 15) is 9.90 Å². The van der Waals surface area contributed by atoms with Crippen molar-refractivity contribution < 1.29 is 9.90 Å². The van der Waals surface area contributed by atoms with Crippen LogP contribution in [0.15, 0.2) is 30.3 Å². The molecule has 1 heterocycles. The zero-order valence-electron chi connectivity index (χ0n) is 10.0. The number of nitrogens with one attached hydrogen (secondary N) is 2. The zero-order chi connectivity index (χ0) is 13.2. The van der Waals surface area contributed by atoms with Crippen LogP contribution in [0.3, 0.4) is 0 Å². The molecule has 1 aliphatic rings. The Balaban J connectivity index is 2.54. The topological polar surface area (TPSA) is 99.2 Å². The summed E-state index contributed by atoms with van der Waals surface area (Å²) >= 11 is 0. The van der Waals surface area contributed by atoms with Crippen molar-refractivity contribution in [1.29, 1.82) is 5.41 Å². The first-order valence-corrected chi connectivity index (χ1v) is 5.92. The van der Waals surface area contributed by atoms with Crippen LogP contribution in [0.2, 0.25) is 0 Å². The second-order valence-corrected chi connectivity index (χ2v) is 4.62. The number of carboxylic acids is 1. The van der Waals surface area contributed by atoms with E-state index >= 15 is 0 Å². The minimum Gasteiger partial charge on any atom is -0.481 e. The highest BCUT2D eigenvalue weighted by Gasteiger charge is 2.50. The van der Waals surface area contributed by atoms with Gasteiger partial charge in [0.05, 0.1) is 5.84 Å². The van der Waals surface area contributed by atoms with Gasteiger partial charge in [0.15, 0.2) is 0 Å². The molecular formula is C13H17N3O2. The first-order valence-electron chi connectivity index (χ1n) is 5.92. The molecule has 0 amide bonds. The van der Waals surface area contributed by atoms with Gasteiger partial charge in [0.25, 0.3) is 0 Å². The highest BCUT2D eigenvalue weighted by Crippen LogP contribution is 2.36. The number of carboxylic acid groups (broad SMARTS) is 1. The molecule has 5 heteroatoms. The molecule has 1 fully saturated rings. The van der Waals surface area contributed by atoms with Gasteiger partial charge in [0.2, 0.25) is 0 Å². The number of hydrogen-bond donors (Lipinski definition) is 4. The molecule has 0 saturated carbocycles. The predicted molar refractivity (Wildman–Crippen MR) is 68.6 cm³/mol. The highest BCUT2D eigenvalue weighted by molar-refractivity contribution is 5.92. The molecule has 1 aromatic carbocycles. The first kappa shape index (κ1) is 12.6. The number of benzene rings is 1. The molecular weight excluding hydrogens is 230 g/mol. The second-order valence-electron chi connectivity index (χ2n) is 4.62. The number of hydrogen-bond acceptors (Lipinski definition) is 3. The molecule has 0 bridgehead atoms. The zero-order valence-corrected chi connectivity index (χ0v) is 10.0. The maximum Gasteiger partial charge on any atom is 0.316 e. The monoisotopic (exact) mass is 247 g/mol. The predicted octanol–water partition coefficient (Wildman–Crippen LogP) is 0.554. The third-order valence-corrected chi connectivity index (χ3v) is 3.65. The summed E-state index contributed by atoms with van der Waals surface area (Å²) in [5.74, 6) is -1.44. The van der Waals surface area contributed by atoms with E-state index in [1.807, 2.05) is 18.2 Å². The Morgan fingerprint density at radius 2 is 2.11 bits per heavy atom. The van der Waals surface area contributed by atoms with E-state index in [0.29, 0.717) is 25.1 Å². The van der Waals surface area contributed by atoms with Crippen LogP contribution in [0.4, 0.5) is 0 Å². The Kier molecular flexibility index (Phi) is 3.34. The summed E-state index contributed by atoms with van der Waals surface area (Å²) in [6.07, 6.45) is 0.566. The molecule has 96 valence electrons. The fourth-order valence-electron chi connectivity index (χ4n) is 2.71. The summed E-state index contributed by atoms with van der Waals surface area (Å²) in [6.45, 7) is 0.989. The molecule has 0 aliphatic carbocycles. The van der Waals surface area contributed by atoms with Crippen molar-refractivity contribution in [3.63, 3.8) is 0 Å². The summed E-state index contributed by atoms with van der Waals surface area (Å²) in [7, 11) is 0. The normalized spacial score (nSPS) is 27.7. The lowest BCUT2D eigenvalue weighted by Crippen LogP contribution is -2.58. The molecule has 18 heavy (non-hydrogen) atoms. The minimum absolute atomic E-state index is 0.0530. The van der Waals surface area contributed by atoms with E-state index in [1.54, 1.807) is 12.1 Å². The maximum absolute atomic E-state index is 11.8. The average molecular weight is 247 g/mol. The summed E-state index contributed by atoms with van der Waals surface area (Å²) in [6, 6.07) is 9.05. The van der Waals surface area contributed by atoms with Crippen molar-refractivity contribution in [3.05, 3.63) is 35.9 Å². The Morgan fingerprint density at radius 3 is 2.67 bits per heavy atom. The van der Waals surface area contributed by atoms with Gasteiger partial charge in [-0.2, -0.15) is 0 Å². The van der Waals surface area contributed by atoms with Gasteiger partial charge in [-0.3, -0.25) is 10.2 Å². The summed E-state index contributed by atoms with van der Waals surface area (Å²) in [5.41, 5.74) is 5.18. The lowest BCUT2D eigenvalue weighted by molar-refractivity contribution is -0.145. The van der Waals surface area contributed by atoms with Crippen molar-refractivity contribution in [1.82, 2.24) is 5.32 Å². The second kappa shape index (κ2) is 4.78. The van der Waals surface area contributed by atoms with Crippen molar-refractivity contribution >= 4 is 11.8 Å². The largest absolute Gasteiger partial charge is 0.481 e. The van der Waals surface area contributed by atoms with E-state index in [4.69, 9.17) is 11.1 Å². The number of amidine groups is 1. The van der Waals surface area contributed by atoms with Gasteiger partial charge >= 0.3 is 5.97 Å². The van der Waals surface area contributed by atoms with E-state index in [2.05, 4.69) is 5.32 Å². The third-order valence-electron chi connectivity index (χ3n) is 3.65. The van der Waals surface area contributed by atoms with Gasteiger partial charge in [-0.1, -0.05) is 30.3 Å². The lowest BCUT2D eigenvalue weighted by Gasteiger charge is -2.40. The fraction of sp³-hybridized carbons (Fsp3) is 0.385.